The van der Waals surface area contributed by atoms with Gasteiger partial charge in [0.2, 0.25) is 5.96 Å². The fourth-order valence-electron chi connectivity index (χ4n) is 1.20. The van der Waals surface area contributed by atoms with Crippen LogP contribution in [-0.2, 0) is 0 Å². The lowest BCUT2D eigenvalue weighted by molar-refractivity contribution is 1.09. The molecular weight excluding hydrogens is 166 g/mol. The lowest BCUT2D eigenvalue weighted by atomic mass is 10.3. The molecule has 0 amide bonds. The van der Waals surface area contributed by atoms with Crippen LogP contribution in [0.5, 0.6) is 0 Å². The summed E-state index contributed by atoms with van der Waals surface area (Å²) in [7, 11) is 0. The number of nitrogens with two attached hydrogens (primary N) is 2. The third-order valence-corrected chi connectivity index (χ3v) is 1.83. The highest BCUT2D eigenvalue weighted by atomic mass is 15.3. The van der Waals surface area contributed by atoms with Gasteiger partial charge in [-0.1, -0.05) is 12.1 Å². The fourth-order valence-corrected chi connectivity index (χ4v) is 1.20. The van der Waals surface area contributed by atoms with Crippen molar-refractivity contribution in [3.63, 3.8) is 0 Å². The summed E-state index contributed by atoms with van der Waals surface area (Å²) >= 11 is 0. The average Bonchev–Trinajstić information content (AvgIpc) is 2.60. The Kier molecular flexibility index (Phi) is 1.63. The molecule has 0 saturated heterocycles. The second-order valence-electron chi connectivity index (χ2n) is 2.59. The number of hydrazone groups is 1. The van der Waals surface area contributed by atoms with Crippen molar-refractivity contribution in [3.8, 4) is 0 Å². The van der Waals surface area contributed by atoms with E-state index in [0.29, 0.717) is 0 Å². The number of hydrogen-bond donors (Lipinski definition) is 2. The van der Waals surface area contributed by atoms with Crippen LogP contribution < -0.4 is 11.6 Å². The van der Waals surface area contributed by atoms with Gasteiger partial charge in [0.25, 0.3) is 0 Å². The normalized spacial score (nSPS) is 12.2. The molecule has 0 saturated carbocycles. The van der Waals surface area contributed by atoms with Crippen molar-refractivity contribution in [2.24, 2.45) is 16.7 Å². The van der Waals surface area contributed by atoms with Crippen molar-refractivity contribution in [1.29, 1.82) is 0 Å². The van der Waals surface area contributed by atoms with E-state index in [0.717, 1.165) is 11.0 Å². The largest absolute Gasteiger partial charge is 0.368 e. The van der Waals surface area contributed by atoms with E-state index >= 15 is 0 Å². The number of hydrogen-bond acceptors (Lipinski definition) is 3. The summed E-state index contributed by atoms with van der Waals surface area (Å²) in [5.41, 5.74) is 7.32. The molecule has 2 rings (SSSR count). The Morgan fingerprint density at radius 3 is 2.92 bits per heavy atom. The SMILES string of the molecule is N/N=C(\N)n1cnc2ccccc21. The maximum atomic E-state index is 5.55. The fraction of sp³-hybridized carbons (Fsp3) is 0. The van der Waals surface area contributed by atoms with E-state index in [2.05, 4.69) is 10.1 Å². The molecule has 0 bridgehead atoms. The van der Waals surface area contributed by atoms with Gasteiger partial charge in [-0.3, -0.25) is 4.57 Å². The van der Waals surface area contributed by atoms with Crippen molar-refractivity contribution in [2.45, 2.75) is 0 Å². The van der Waals surface area contributed by atoms with E-state index in [9.17, 15) is 0 Å². The molecule has 5 heteroatoms. The Bertz CT molecular complexity index is 456. The van der Waals surface area contributed by atoms with Crippen LogP contribution in [0.2, 0.25) is 0 Å². The quantitative estimate of drug-likeness (QED) is 0.257. The lowest BCUT2D eigenvalue weighted by Gasteiger charge is -1.99. The van der Waals surface area contributed by atoms with Gasteiger partial charge >= 0.3 is 0 Å². The minimum atomic E-state index is 0.230. The molecule has 1 aromatic carbocycles. The topological polar surface area (TPSA) is 82.2 Å². The molecule has 1 heterocycles. The molecule has 2 aromatic rings. The molecule has 0 aliphatic carbocycles. The number of imidazole rings is 1. The van der Waals surface area contributed by atoms with Crippen LogP contribution in [0, 0.1) is 0 Å². The number of para-hydroxylation sites is 2. The summed E-state index contributed by atoms with van der Waals surface area (Å²) in [6, 6.07) is 7.62. The Morgan fingerprint density at radius 1 is 1.38 bits per heavy atom. The number of nitrogens with zero attached hydrogens (tertiary/aromatic N) is 3. The van der Waals surface area contributed by atoms with E-state index in [-0.39, 0.29) is 5.96 Å². The van der Waals surface area contributed by atoms with Crippen molar-refractivity contribution >= 4 is 17.0 Å². The molecule has 5 nitrogen and oxygen atoms in total. The second kappa shape index (κ2) is 2.78. The zero-order valence-electron chi connectivity index (χ0n) is 6.88. The summed E-state index contributed by atoms with van der Waals surface area (Å²) in [6.45, 7) is 0. The van der Waals surface area contributed by atoms with Crippen LogP contribution in [0.1, 0.15) is 0 Å². The van der Waals surface area contributed by atoms with E-state index < -0.39 is 0 Å². The molecule has 1 aromatic heterocycles. The smallest absolute Gasteiger partial charge is 0.223 e. The van der Waals surface area contributed by atoms with Crippen LogP contribution in [0.3, 0.4) is 0 Å². The molecular formula is C8H9N5. The molecule has 0 fully saturated rings. The van der Waals surface area contributed by atoms with Crippen molar-refractivity contribution in [3.05, 3.63) is 30.6 Å². The van der Waals surface area contributed by atoms with Gasteiger partial charge in [0, 0.05) is 0 Å². The molecule has 0 aliphatic heterocycles. The molecule has 0 atom stereocenters. The van der Waals surface area contributed by atoms with Gasteiger partial charge in [0.05, 0.1) is 11.0 Å². The molecule has 13 heavy (non-hydrogen) atoms. The summed E-state index contributed by atoms with van der Waals surface area (Å²) in [6.07, 6.45) is 1.59. The predicted octanol–water partition coefficient (Wildman–Crippen LogP) is 0.0728. The first-order chi connectivity index (χ1) is 6.33. The zero-order valence-corrected chi connectivity index (χ0v) is 6.88. The van der Waals surface area contributed by atoms with Crippen molar-refractivity contribution in [2.75, 3.05) is 0 Å². The van der Waals surface area contributed by atoms with E-state index in [1.54, 1.807) is 10.9 Å². The third kappa shape index (κ3) is 1.10. The van der Waals surface area contributed by atoms with Gasteiger partial charge in [-0.2, -0.15) is 0 Å². The van der Waals surface area contributed by atoms with E-state index in [4.69, 9.17) is 11.6 Å². The number of benzene rings is 1. The number of aromatic nitrogens is 2. The minimum Gasteiger partial charge on any atom is -0.368 e. The number of rotatable bonds is 0. The van der Waals surface area contributed by atoms with Gasteiger partial charge in [0.15, 0.2) is 0 Å². The van der Waals surface area contributed by atoms with Crippen molar-refractivity contribution in [1.82, 2.24) is 9.55 Å². The Balaban J connectivity index is 2.71. The van der Waals surface area contributed by atoms with Gasteiger partial charge < -0.3 is 11.6 Å². The molecule has 0 radical (unpaired) electrons. The second-order valence-corrected chi connectivity index (χ2v) is 2.59. The first-order valence-corrected chi connectivity index (χ1v) is 3.79. The van der Waals surface area contributed by atoms with Crippen LogP contribution in [0.4, 0.5) is 0 Å². The summed E-state index contributed by atoms with van der Waals surface area (Å²) in [5.74, 6) is 5.30. The molecule has 0 spiro atoms. The highest BCUT2D eigenvalue weighted by molar-refractivity contribution is 5.90. The highest BCUT2D eigenvalue weighted by Gasteiger charge is 2.02. The van der Waals surface area contributed by atoms with Crippen molar-refractivity contribution < 1.29 is 0 Å². The maximum absolute atomic E-state index is 5.55. The summed E-state index contributed by atoms with van der Waals surface area (Å²) in [5, 5.41) is 3.40. The summed E-state index contributed by atoms with van der Waals surface area (Å²) in [4.78, 5) is 4.13. The molecule has 4 N–H and O–H groups in total. The van der Waals surface area contributed by atoms with E-state index in [1.165, 1.54) is 0 Å². The first kappa shape index (κ1) is 7.60. The molecule has 66 valence electrons. The van der Waals surface area contributed by atoms with E-state index in [1.807, 2.05) is 24.3 Å². The van der Waals surface area contributed by atoms with Crippen LogP contribution >= 0.6 is 0 Å². The summed E-state index contributed by atoms with van der Waals surface area (Å²) < 4.78 is 1.63. The van der Waals surface area contributed by atoms with Gasteiger partial charge in [0.1, 0.15) is 6.33 Å². The van der Waals surface area contributed by atoms with Gasteiger partial charge in [-0.05, 0) is 12.1 Å². The Morgan fingerprint density at radius 2 is 2.15 bits per heavy atom. The van der Waals surface area contributed by atoms with Gasteiger partial charge in [-0.25, -0.2) is 4.98 Å². The van der Waals surface area contributed by atoms with Gasteiger partial charge in [-0.15, -0.1) is 5.10 Å². The zero-order chi connectivity index (χ0) is 9.26. The maximum Gasteiger partial charge on any atom is 0.223 e. The average molecular weight is 175 g/mol. The first-order valence-electron chi connectivity index (χ1n) is 3.79. The molecule has 0 aliphatic rings. The standard InChI is InChI=1S/C8H9N5/c9-8(12-10)13-5-11-6-3-1-2-4-7(6)13/h1-5H,10H2,(H2,9,12). The monoisotopic (exact) mass is 175 g/mol. The van der Waals surface area contributed by atoms with Crippen LogP contribution in [0.15, 0.2) is 35.7 Å². The highest BCUT2D eigenvalue weighted by Crippen LogP contribution is 2.10. The minimum absolute atomic E-state index is 0.230. The number of fused-ring (bicyclic) bond motifs is 1. The molecule has 0 unspecified atom stereocenters. The lowest BCUT2D eigenvalue weighted by Crippen LogP contribution is -2.22. The van der Waals surface area contributed by atoms with Crippen LogP contribution in [-0.4, -0.2) is 15.5 Å². The third-order valence-electron chi connectivity index (χ3n) is 1.83. The predicted molar refractivity (Wildman–Crippen MR) is 50.9 cm³/mol. The Hall–Kier alpha value is -2.04. The van der Waals surface area contributed by atoms with Crippen LogP contribution in [0.25, 0.3) is 11.0 Å². The Labute approximate surface area is 74.7 Å².